The van der Waals surface area contributed by atoms with Crippen molar-refractivity contribution in [1.82, 2.24) is 10.2 Å². The van der Waals surface area contributed by atoms with E-state index in [9.17, 15) is 4.79 Å². The molecule has 3 saturated heterocycles. The van der Waals surface area contributed by atoms with Gasteiger partial charge in [-0.15, -0.1) is 0 Å². The van der Waals surface area contributed by atoms with Crippen LogP contribution in [0.25, 0.3) is 0 Å². The third-order valence-corrected chi connectivity index (χ3v) is 4.31. The van der Waals surface area contributed by atoms with Crippen LogP contribution in [0, 0.1) is 0 Å². The highest BCUT2D eigenvalue weighted by Crippen LogP contribution is 2.36. The van der Waals surface area contributed by atoms with Gasteiger partial charge in [-0.25, -0.2) is 0 Å². The Hall–Kier alpha value is -0.570. The lowest BCUT2D eigenvalue weighted by molar-refractivity contribution is -0.137. The standard InChI is InChI=1S/C12H20N2O/c15-12(11-5-2-8-13-11)14-9-3-1-4-10(14)7-6-9/h9-11,13H,1-8H2. The van der Waals surface area contributed by atoms with Crippen LogP contribution < -0.4 is 5.32 Å². The lowest BCUT2D eigenvalue weighted by atomic mass is 10.0. The molecule has 15 heavy (non-hydrogen) atoms. The Bertz CT molecular complexity index is 244. The predicted octanol–water partition coefficient (Wildman–Crippen LogP) is 1.28. The second-order valence-electron chi connectivity index (χ2n) is 5.21. The van der Waals surface area contributed by atoms with Crippen molar-refractivity contribution in [3.05, 3.63) is 0 Å². The van der Waals surface area contributed by atoms with Crippen molar-refractivity contribution in [2.75, 3.05) is 6.54 Å². The summed E-state index contributed by atoms with van der Waals surface area (Å²) in [4.78, 5) is 14.6. The Balaban J connectivity index is 1.73. The summed E-state index contributed by atoms with van der Waals surface area (Å²) in [7, 11) is 0. The molecule has 1 amide bonds. The Kier molecular flexibility index (Phi) is 2.43. The minimum absolute atomic E-state index is 0.145. The molecule has 3 heteroatoms. The molecule has 0 aliphatic carbocycles. The molecule has 2 bridgehead atoms. The molecule has 84 valence electrons. The molecule has 0 saturated carbocycles. The third-order valence-electron chi connectivity index (χ3n) is 4.31. The highest BCUT2D eigenvalue weighted by atomic mass is 16.2. The van der Waals surface area contributed by atoms with E-state index in [-0.39, 0.29) is 6.04 Å². The van der Waals surface area contributed by atoms with Crippen LogP contribution >= 0.6 is 0 Å². The number of hydrogen-bond acceptors (Lipinski definition) is 2. The number of carbonyl (C=O) groups excluding carboxylic acids is 1. The second kappa shape index (κ2) is 3.78. The largest absolute Gasteiger partial charge is 0.335 e. The fourth-order valence-corrected chi connectivity index (χ4v) is 3.55. The Morgan fingerprint density at radius 3 is 2.33 bits per heavy atom. The van der Waals surface area contributed by atoms with Gasteiger partial charge in [0.05, 0.1) is 6.04 Å². The molecule has 3 heterocycles. The summed E-state index contributed by atoms with van der Waals surface area (Å²) in [6.07, 6.45) is 8.54. The summed E-state index contributed by atoms with van der Waals surface area (Å²) in [6, 6.07) is 1.31. The molecule has 3 atom stereocenters. The average molecular weight is 208 g/mol. The highest BCUT2D eigenvalue weighted by molar-refractivity contribution is 5.83. The van der Waals surface area contributed by atoms with Crippen molar-refractivity contribution < 1.29 is 4.79 Å². The molecule has 0 aromatic carbocycles. The first-order valence-electron chi connectivity index (χ1n) is 6.42. The molecule has 3 aliphatic heterocycles. The molecular weight excluding hydrogens is 188 g/mol. The van der Waals surface area contributed by atoms with Crippen molar-refractivity contribution in [2.45, 2.75) is 63.1 Å². The van der Waals surface area contributed by atoms with Gasteiger partial charge >= 0.3 is 0 Å². The summed E-state index contributed by atoms with van der Waals surface area (Å²) in [6.45, 7) is 1.03. The second-order valence-corrected chi connectivity index (χ2v) is 5.21. The summed E-state index contributed by atoms with van der Waals surface area (Å²) in [5, 5.41) is 3.33. The minimum Gasteiger partial charge on any atom is -0.335 e. The maximum absolute atomic E-state index is 12.3. The molecule has 3 aliphatic rings. The number of nitrogens with one attached hydrogen (secondary N) is 1. The quantitative estimate of drug-likeness (QED) is 0.704. The fourth-order valence-electron chi connectivity index (χ4n) is 3.55. The molecule has 0 aromatic heterocycles. The van der Waals surface area contributed by atoms with E-state index in [1.165, 1.54) is 38.5 Å². The van der Waals surface area contributed by atoms with Crippen LogP contribution in [0.2, 0.25) is 0 Å². The van der Waals surface area contributed by atoms with E-state index in [0.29, 0.717) is 18.0 Å². The molecule has 3 unspecified atom stereocenters. The normalized spacial score (nSPS) is 39.7. The van der Waals surface area contributed by atoms with Crippen molar-refractivity contribution in [3.63, 3.8) is 0 Å². The number of carbonyl (C=O) groups is 1. The molecular formula is C12H20N2O. The summed E-state index contributed by atoms with van der Waals surface area (Å²) < 4.78 is 0. The number of piperidine rings is 1. The topological polar surface area (TPSA) is 32.3 Å². The van der Waals surface area contributed by atoms with Crippen LogP contribution in [0.5, 0.6) is 0 Å². The number of hydrogen-bond donors (Lipinski definition) is 1. The molecule has 3 nitrogen and oxygen atoms in total. The van der Waals surface area contributed by atoms with Gasteiger partial charge in [0, 0.05) is 12.1 Å². The smallest absolute Gasteiger partial charge is 0.240 e. The summed E-state index contributed by atoms with van der Waals surface area (Å²) in [5.74, 6) is 0.403. The zero-order chi connectivity index (χ0) is 10.3. The number of nitrogens with zero attached hydrogens (tertiary/aromatic N) is 1. The zero-order valence-corrected chi connectivity index (χ0v) is 9.24. The zero-order valence-electron chi connectivity index (χ0n) is 9.24. The Labute approximate surface area is 91.2 Å². The molecule has 3 fully saturated rings. The minimum atomic E-state index is 0.145. The summed E-state index contributed by atoms with van der Waals surface area (Å²) >= 11 is 0. The highest BCUT2D eigenvalue weighted by Gasteiger charge is 2.41. The van der Waals surface area contributed by atoms with Crippen molar-refractivity contribution in [3.8, 4) is 0 Å². The van der Waals surface area contributed by atoms with Gasteiger partial charge in [-0.2, -0.15) is 0 Å². The first-order valence-corrected chi connectivity index (χ1v) is 6.42. The van der Waals surface area contributed by atoms with Gasteiger partial charge < -0.3 is 10.2 Å². The van der Waals surface area contributed by atoms with Gasteiger partial charge in [-0.1, -0.05) is 0 Å². The third kappa shape index (κ3) is 1.57. The first kappa shape index (κ1) is 9.64. The predicted molar refractivity (Wildman–Crippen MR) is 58.5 cm³/mol. The maximum atomic E-state index is 12.3. The van der Waals surface area contributed by atoms with E-state index in [2.05, 4.69) is 10.2 Å². The van der Waals surface area contributed by atoms with Crippen molar-refractivity contribution in [2.24, 2.45) is 0 Å². The first-order chi connectivity index (χ1) is 7.36. The maximum Gasteiger partial charge on any atom is 0.240 e. The molecule has 3 rings (SSSR count). The fraction of sp³-hybridized carbons (Fsp3) is 0.917. The molecule has 0 radical (unpaired) electrons. The molecule has 1 N–H and O–H groups in total. The molecule has 0 spiro atoms. The molecule has 0 aromatic rings. The monoisotopic (exact) mass is 208 g/mol. The van der Waals surface area contributed by atoms with Gasteiger partial charge in [-0.3, -0.25) is 4.79 Å². The van der Waals surface area contributed by atoms with Gasteiger partial charge in [0.2, 0.25) is 5.91 Å². The van der Waals surface area contributed by atoms with Crippen LogP contribution in [0.4, 0.5) is 0 Å². The Morgan fingerprint density at radius 2 is 1.73 bits per heavy atom. The van der Waals surface area contributed by atoms with E-state index in [0.717, 1.165) is 13.0 Å². The van der Waals surface area contributed by atoms with Gasteiger partial charge in [0.1, 0.15) is 0 Å². The van der Waals surface area contributed by atoms with Crippen LogP contribution in [0.15, 0.2) is 0 Å². The van der Waals surface area contributed by atoms with E-state index in [4.69, 9.17) is 0 Å². The average Bonchev–Trinajstić information content (AvgIpc) is 2.85. The lowest BCUT2D eigenvalue weighted by Crippen LogP contribution is -2.50. The Morgan fingerprint density at radius 1 is 1.00 bits per heavy atom. The van der Waals surface area contributed by atoms with E-state index >= 15 is 0 Å². The van der Waals surface area contributed by atoms with Crippen LogP contribution in [0.1, 0.15) is 44.9 Å². The van der Waals surface area contributed by atoms with Crippen molar-refractivity contribution in [1.29, 1.82) is 0 Å². The van der Waals surface area contributed by atoms with Gasteiger partial charge in [0.25, 0.3) is 0 Å². The van der Waals surface area contributed by atoms with Crippen LogP contribution in [-0.2, 0) is 4.79 Å². The summed E-state index contributed by atoms with van der Waals surface area (Å²) in [5.41, 5.74) is 0. The van der Waals surface area contributed by atoms with Crippen LogP contribution in [0.3, 0.4) is 0 Å². The van der Waals surface area contributed by atoms with Gasteiger partial charge in [0.15, 0.2) is 0 Å². The number of fused-ring (bicyclic) bond motifs is 2. The number of amides is 1. The SMILES string of the molecule is O=C(C1CCCN1)N1C2CCCC1CC2. The van der Waals surface area contributed by atoms with E-state index < -0.39 is 0 Å². The van der Waals surface area contributed by atoms with E-state index in [1.54, 1.807) is 0 Å². The van der Waals surface area contributed by atoms with Crippen LogP contribution in [-0.4, -0.2) is 35.5 Å². The van der Waals surface area contributed by atoms with E-state index in [1.807, 2.05) is 0 Å². The lowest BCUT2D eigenvalue weighted by Gasteiger charge is -2.36. The van der Waals surface area contributed by atoms with Crippen molar-refractivity contribution >= 4 is 5.91 Å². The number of rotatable bonds is 1. The van der Waals surface area contributed by atoms with Gasteiger partial charge in [-0.05, 0) is 51.5 Å².